The number of hydrogen-bond acceptors (Lipinski definition) is 2. The van der Waals surface area contributed by atoms with Gasteiger partial charge in [-0.15, -0.1) is 0 Å². The first-order valence-corrected chi connectivity index (χ1v) is 7.02. The van der Waals surface area contributed by atoms with Gasteiger partial charge in [-0.1, -0.05) is 32.9 Å². The molecule has 0 spiro atoms. The summed E-state index contributed by atoms with van der Waals surface area (Å²) in [5.41, 5.74) is 1.14. The molecule has 0 fully saturated rings. The van der Waals surface area contributed by atoms with Gasteiger partial charge in [0.1, 0.15) is 0 Å². The SMILES string of the molecule is CCc1ccc(S(=O)(=O)NCC(C)C)cc1. The number of nitrogens with one attached hydrogen (secondary N) is 1. The number of benzene rings is 1. The van der Waals surface area contributed by atoms with Crippen LogP contribution in [0.4, 0.5) is 0 Å². The molecule has 1 aromatic rings. The van der Waals surface area contributed by atoms with Crippen molar-refractivity contribution in [2.24, 2.45) is 5.92 Å². The highest BCUT2D eigenvalue weighted by molar-refractivity contribution is 7.89. The van der Waals surface area contributed by atoms with E-state index in [9.17, 15) is 8.42 Å². The fraction of sp³-hybridized carbons (Fsp3) is 0.500. The van der Waals surface area contributed by atoms with E-state index in [0.29, 0.717) is 17.4 Å². The van der Waals surface area contributed by atoms with Crippen molar-refractivity contribution in [2.75, 3.05) is 6.54 Å². The number of hydrogen-bond donors (Lipinski definition) is 1. The fourth-order valence-electron chi connectivity index (χ4n) is 1.26. The first-order valence-electron chi connectivity index (χ1n) is 5.54. The second-order valence-corrected chi connectivity index (χ2v) is 6.01. The molecular formula is C12H19NO2S. The second-order valence-electron chi connectivity index (χ2n) is 4.24. The minimum absolute atomic E-state index is 0.310. The van der Waals surface area contributed by atoms with Crippen molar-refractivity contribution >= 4 is 10.0 Å². The van der Waals surface area contributed by atoms with E-state index >= 15 is 0 Å². The summed E-state index contributed by atoms with van der Waals surface area (Å²) in [4.78, 5) is 0.338. The average Bonchev–Trinajstić information content (AvgIpc) is 2.27. The van der Waals surface area contributed by atoms with Gasteiger partial charge in [0.2, 0.25) is 10.0 Å². The zero-order valence-electron chi connectivity index (χ0n) is 10.0. The van der Waals surface area contributed by atoms with Crippen LogP contribution >= 0.6 is 0 Å². The molecule has 16 heavy (non-hydrogen) atoms. The Morgan fingerprint density at radius 2 is 1.75 bits per heavy atom. The van der Waals surface area contributed by atoms with Gasteiger partial charge < -0.3 is 0 Å². The van der Waals surface area contributed by atoms with Crippen LogP contribution in [-0.2, 0) is 16.4 Å². The van der Waals surface area contributed by atoms with E-state index in [1.807, 2.05) is 32.9 Å². The van der Waals surface area contributed by atoms with Gasteiger partial charge in [0.05, 0.1) is 4.90 Å². The third-order valence-corrected chi connectivity index (χ3v) is 3.76. The zero-order chi connectivity index (χ0) is 12.2. The summed E-state index contributed by atoms with van der Waals surface area (Å²) in [5.74, 6) is 0.310. The molecule has 1 N–H and O–H groups in total. The van der Waals surface area contributed by atoms with Gasteiger partial charge in [-0.25, -0.2) is 13.1 Å². The molecule has 0 unspecified atom stereocenters. The maximum Gasteiger partial charge on any atom is 0.240 e. The normalized spacial score (nSPS) is 12.0. The molecule has 0 amide bonds. The van der Waals surface area contributed by atoms with Crippen molar-refractivity contribution < 1.29 is 8.42 Å². The monoisotopic (exact) mass is 241 g/mol. The Bertz CT molecular complexity index is 421. The van der Waals surface area contributed by atoms with Gasteiger partial charge in [0.15, 0.2) is 0 Å². The van der Waals surface area contributed by atoms with Crippen molar-refractivity contribution in [1.29, 1.82) is 0 Å². The molecule has 0 heterocycles. The minimum Gasteiger partial charge on any atom is -0.211 e. The van der Waals surface area contributed by atoms with Crippen LogP contribution in [0.15, 0.2) is 29.2 Å². The van der Waals surface area contributed by atoms with Gasteiger partial charge in [0.25, 0.3) is 0 Å². The van der Waals surface area contributed by atoms with Gasteiger partial charge >= 0.3 is 0 Å². The summed E-state index contributed by atoms with van der Waals surface area (Å²) in [6, 6.07) is 7.01. The summed E-state index contributed by atoms with van der Waals surface area (Å²) >= 11 is 0. The van der Waals surface area contributed by atoms with E-state index in [4.69, 9.17) is 0 Å². The maximum absolute atomic E-state index is 11.8. The molecule has 3 nitrogen and oxygen atoms in total. The fourth-order valence-corrected chi connectivity index (χ4v) is 2.48. The molecule has 0 aromatic heterocycles. The van der Waals surface area contributed by atoms with E-state index in [2.05, 4.69) is 4.72 Å². The van der Waals surface area contributed by atoms with E-state index in [1.54, 1.807) is 12.1 Å². The Balaban J connectivity index is 2.82. The summed E-state index contributed by atoms with van der Waals surface area (Å²) in [6.45, 7) is 6.46. The number of aryl methyl sites for hydroxylation is 1. The Kier molecular flexibility index (Phi) is 4.50. The van der Waals surface area contributed by atoms with Crippen LogP contribution in [-0.4, -0.2) is 15.0 Å². The molecule has 0 saturated heterocycles. The predicted molar refractivity (Wildman–Crippen MR) is 65.8 cm³/mol. The lowest BCUT2D eigenvalue weighted by Crippen LogP contribution is -2.27. The average molecular weight is 241 g/mol. The summed E-state index contributed by atoms with van der Waals surface area (Å²) in [5, 5.41) is 0. The third-order valence-electron chi connectivity index (χ3n) is 2.32. The van der Waals surface area contributed by atoms with Crippen LogP contribution in [0, 0.1) is 5.92 Å². The zero-order valence-corrected chi connectivity index (χ0v) is 10.8. The molecule has 1 aromatic carbocycles. The molecule has 4 heteroatoms. The molecule has 0 aliphatic rings. The van der Waals surface area contributed by atoms with Gasteiger partial charge in [0, 0.05) is 6.54 Å². The standard InChI is InChI=1S/C12H19NO2S/c1-4-11-5-7-12(8-6-11)16(14,15)13-9-10(2)3/h5-8,10,13H,4,9H2,1-3H3. The predicted octanol–water partition coefficient (Wildman–Crippen LogP) is 2.18. The molecular weight excluding hydrogens is 222 g/mol. The number of sulfonamides is 1. The lowest BCUT2D eigenvalue weighted by molar-refractivity contribution is 0.560. The minimum atomic E-state index is -3.33. The summed E-state index contributed by atoms with van der Waals surface area (Å²) in [7, 11) is -3.33. The largest absolute Gasteiger partial charge is 0.240 e. The Labute approximate surface area is 97.9 Å². The second kappa shape index (κ2) is 5.46. The van der Waals surface area contributed by atoms with Crippen LogP contribution in [0.2, 0.25) is 0 Å². The van der Waals surface area contributed by atoms with Crippen LogP contribution in [0.5, 0.6) is 0 Å². The van der Waals surface area contributed by atoms with Crippen molar-refractivity contribution in [2.45, 2.75) is 32.1 Å². The van der Waals surface area contributed by atoms with E-state index < -0.39 is 10.0 Å². The van der Waals surface area contributed by atoms with Crippen LogP contribution in [0.3, 0.4) is 0 Å². The van der Waals surface area contributed by atoms with Crippen molar-refractivity contribution in [1.82, 2.24) is 4.72 Å². The highest BCUT2D eigenvalue weighted by Gasteiger charge is 2.13. The quantitative estimate of drug-likeness (QED) is 0.859. The van der Waals surface area contributed by atoms with Crippen LogP contribution in [0.25, 0.3) is 0 Å². The lowest BCUT2D eigenvalue weighted by atomic mass is 10.2. The first-order chi connectivity index (χ1) is 7.45. The number of rotatable bonds is 5. The molecule has 1 rings (SSSR count). The Morgan fingerprint density at radius 1 is 1.19 bits per heavy atom. The maximum atomic E-state index is 11.8. The van der Waals surface area contributed by atoms with Crippen molar-refractivity contribution in [3.8, 4) is 0 Å². The van der Waals surface area contributed by atoms with Gasteiger partial charge in [-0.2, -0.15) is 0 Å². The van der Waals surface area contributed by atoms with Crippen LogP contribution in [0.1, 0.15) is 26.3 Å². The third kappa shape index (κ3) is 3.61. The summed E-state index contributed by atoms with van der Waals surface area (Å²) in [6.07, 6.45) is 0.916. The van der Waals surface area contributed by atoms with E-state index in [1.165, 1.54) is 0 Å². The molecule has 0 radical (unpaired) electrons. The molecule has 90 valence electrons. The Hall–Kier alpha value is -0.870. The summed E-state index contributed by atoms with van der Waals surface area (Å²) < 4.78 is 26.2. The highest BCUT2D eigenvalue weighted by Crippen LogP contribution is 2.11. The molecule has 0 atom stereocenters. The molecule has 0 aliphatic heterocycles. The smallest absolute Gasteiger partial charge is 0.211 e. The van der Waals surface area contributed by atoms with Gasteiger partial charge in [-0.05, 0) is 30.0 Å². The first kappa shape index (κ1) is 13.2. The topological polar surface area (TPSA) is 46.2 Å². The Morgan fingerprint density at radius 3 is 2.19 bits per heavy atom. The van der Waals surface area contributed by atoms with E-state index in [0.717, 1.165) is 12.0 Å². The van der Waals surface area contributed by atoms with Crippen molar-refractivity contribution in [3.05, 3.63) is 29.8 Å². The molecule has 0 saturated carbocycles. The van der Waals surface area contributed by atoms with Crippen molar-refractivity contribution in [3.63, 3.8) is 0 Å². The van der Waals surface area contributed by atoms with Crippen LogP contribution < -0.4 is 4.72 Å². The van der Waals surface area contributed by atoms with Gasteiger partial charge in [-0.3, -0.25) is 0 Å². The molecule has 0 bridgehead atoms. The molecule has 0 aliphatic carbocycles. The highest BCUT2D eigenvalue weighted by atomic mass is 32.2. The van der Waals surface area contributed by atoms with E-state index in [-0.39, 0.29) is 0 Å². The lowest BCUT2D eigenvalue weighted by Gasteiger charge is -2.09.